The topological polar surface area (TPSA) is 91.4 Å². The summed E-state index contributed by atoms with van der Waals surface area (Å²) in [6.07, 6.45) is 1.66. The van der Waals surface area contributed by atoms with E-state index in [9.17, 15) is 13.2 Å². The normalized spacial score (nSPS) is 12.6. The molecule has 0 aliphatic heterocycles. The van der Waals surface area contributed by atoms with Gasteiger partial charge in [-0.15, -0.1) is 0 Å². The fourth-order valence-electron chi connectivity index (χ4n) is 2.23. The van der Waals surface area contributed by atoms with Crippen molar-refractivity contribution in [3.8, 4) is 0 Å². The minimum Gasteiger partial charge on any atom is -0.334 e. The van der Waals surface area contributed by atoms with Crippen LogP contribution in [0.1, 0.15) is 24.2 Å². The van der Waals surface area contributed by atoms with Crippen LogP contribution in [-0.2, 0) is 16.6 Å². The molecular formula is C17H22N4O3S. The Kier molecular flexibility index (Phi) is 6.11. The predicted molar refractivity (Wildman–Crippen MR) is 95.3 cm³/mol. The molecule has 0 fully saturated rings. The molecule has 1 aromatic carbocycles. The average molecular weight is 362 g/mol. The van der Waals surface area contributed by atoms with E-state index in [4.69, 9.17) is 0 Å². The first-order valence-electron chi connectivity index (χ1n) is 7.78. The SMILES string of the molecule is CC(NC(=O)NCc1ccccc1S(=O)(=O)N(C)C)c1ccccn1. The van der Waals surface area contributed by atoms with Gasteiger partial charge in [-0.3, -0.25) is 4.98 Å². The van der Waals surface area contributed by atoms with E-state index in [0.717, 1.165) is 10.00 Å². The van der Waals surface area contributed by atoms with E-state index in [-0.39, 0.29) is 17.5 Å². The molecule has 2 N–H and O–H groups in total. The average Bonchev–Trinajstić information content (AvgIpc) is 2.60. The standard InChI is InChI=1S/C17H22N4O3S/c1-13(15-9-6-7-11-18-15)20-17(22)19-12-14-8-4-5-10-16(14)25(23,24)21(2)3/h4-11,13H,12H2,1-3H3,(H2,19,20,22). The molecule has 2 aromatic rings. The van der Waals surface area contributed by atoms with E-state index in [2.05, 4.69) is 15.6 Å². The van der Waals surface area contributed by atoms with Gasteiger partial charge in [-0.1, -0.05) is 24.3 Å². The number of amides is 2. The molecule has 1 atom stereocenters. The highest BCUT2D eigenvalue weighted by Gasteiger charge is 2.21. The molecule has 1 aromatic heterocycles. The number of hydrogen-bond donors (Lipinski definition) is 2. The first-order valence-corrected chi connectivity index (χ1v) is 9.22. The molecule has 134 valence electrons. The van der Waals surface area contributed by atoms with Crippen molar-refractivity contribution < 1.29 is 13.2 Å². The molecule has 8 heteroatoms. The maximum atomic E-state index is 12.3. The first kappa shape index (κ1) is 18.9. The lowest BCUT2D eigenvalue weighted by Gasteiger charge is -2.17. The zero-order valence-corrected chi connectivity index (χ0v) is 15.2. The zero-order valence-electron chi connectivity index (χ0n) is 14.4. The van der Waals surface area contributed by atoms with Crippen molar-refractivity contribution >= 4 is 16.1 Å². The van der Waals surface area contributed by atoms with E-state index in [1.807, 2.05) is 19.1 Å². The van der Waals surface area contributed by atoms with E-state index >= 15 is 0 Å². The van der Waals surface area contributed by atoms with Crippen molar-refractivity contribution in [1.82, 2.24) is 19.9 Å². The molecule has 0 bridgehead atoms. The van der Waals surface area contributed by atoms with Crippen molar-refractivity contribution in [3.63, 3.8) is 0 Å². The minimum absolute atomic E-state index is 0.101. The highest BCUT2D eigenvalue weighted by Crippen LogP contribution is 2.18. The number of nitrogens with zero attached hydrogens (tertiary/aromatic N) is 2. The van der Waals surface area contributed by atoms with Crippen molar-refractivity contribution in [2.75, 3.05) is 14.1 Å². The third-order valence-electron chi connectivity index (χ3n) is 3.65. The van der Waals surface area contributed by atoms with E-state index in [1.165, 1.54) is 20.2 Å². The van der Waals surface area contributed by atoms with Gasteiger partial charge in [-0.25, -0.2) is 17.5 Å². The summed E-state index contributed by atoms with van der Waals surface area (Å²) in [5, 5.41) is 5.47. The number of carbonyl (C=O) groups is 1. The number of rotatable bonds is 6. The first-order chi connectivity index (χ1) is 11.8. The van der Waals surface area contributed by atoms with Crippen molar-refractivity contribution in [1.29, 1.82) is 0 Å². The van der Waals surface area contributed by atoms with E-state index < -0.39 is 16.1 Å². The Labute approximate surface area is 148 Å². The number of sulfonamides is 1. The predicted octanol–water partition coefficient (Wildman–Crippen LogP) is 1.89. The summed E-state index contributed by atoms with van der Waals surface area (Å²) in [6, 6.07) is 11.4. The Morgan fingerprint density at radius 1 is 1.16 bits per heavy atom. The second-order valence-corrected chi connectivity index (χ2v) is 7.82. The lowest BCUT2D eigenvalue weighted by molar-refractivity contribution is 0.237. The van der Waals surface area contributed by atoms with Gasteiger partial charge in [0.1, 0.15) is 0 Å². The lowest BCUT2D eigenvalue weighted by atomic mass is 10.2. The summed E-state index contributed by atoms with van der Waals surface area (Å²) in [4.78, 5) is 16.5. The van der Waals surface area contributed by atoms with Gasteiger partial charge in [0.25, 0.3) is 0 Å². The van der Waals surface area contributed by atoms with Crippen molar-refractivity contribution in [2.24, 2.45) is 0 Å². The largest absolute Gasteiger partial charge is 0.334 e. The Morgan fingerprint density at radius 3 is 2.48 bits per heavy atom. The van der Waals surface area contributed by atoms with Crippen LogP contribution in [0.4, 0.5) is 4.79 Å². The summed E-state index contributed by atoms with van der Waals surface area (Å²) in [7, 11) is -0.624. The van der Waals surface area contributed by atoms with Crippen molar-refractivity contribution in [2.45, 2.75) is 24.4 Å². The fraction of sp³-hybridized carbons (Fsp3) is 0.294. The Balaban J connectivity index is 2.03. The molecule has 0 saturated heterocycles. The van der Waals surface area contributed by atoms with Gasteiger partial charge < -0.3 is 10.6 Å². The summed E-state index contributed by atoms with van der Waals surface area (Å²) in [5.41, 5.74) is 1.27. The van der Waals surface area contributed by atoms with Crippen LogP contribution in [0.5, 0.6) is 0 Å². The van der Waals surface area contributed by atoms with Crippen LogP contribution in [0.2, 0.25) is 0 Å². The zero-order chi connectivity index (χ0) is 18.4. The molecule has 0 aliphatic rings. The molecule has 0 saturated carbocycles. The molecule has 0 radical (unpaired) electrons. The molecule has 2 amide bonds. The van der Waals surface area contributed by atoms with Crippen LogP contribution >= 0.6 is 0 Å². The summed E-state index contributed by atoms with van der Waals surface area (Å²) >= 11 is 0. The highest BCUT2D eigenvalue weighted by atomic mass is 32.2. The lowest BCUT2D eigenvalue weighted by Crippen LogP contribution is -2.37. The van der Waals surface area contributed by atoms with Crippen LogP contribution in [0.25, 0.3) is 0 Å². The molecule has 25 heavy (non-hydrogen) atoms. The van der Waals surface area contributed by atoms with Crippen LogP contribution in [0.15, 0.2) is 53.6 Å². The Morgan fingerprint density at radius 2 is 1.84 bits per heavy atom. The third kappa shape index (κ3) is 4.77. The highest BCUT2D eigenvalue weighted by molar-refractivity contribution is 7.89. The smallest absolute Gasteiger partial charge is 0.315 e. The summed E-state index contributed by atoms with van der Waals surface area (Å²) < 4.78 is 25.8. The van der Waals surface area contributed by atoms with E-state index in [1.54, 1.807) is 30.5 Å². The number of benzene rings is 1. The van der Waals surface area contributed by atoms with Gasteiger partial charge in [0.2, 0.25) is 10.0 Å². The molecule has 0 aliphatic carbocycles. The van der Waals surface area contributed by atoms with Crippen LogP contribution in [0.3, 0.4) is 0 Å². The number of hydrogen-bond acceptors (Lipinski definition) is 4. The summed E-state index contributed by atoms with van der Waals surface area (Å²) in [5.74, 6) is 0. The van der Waals surface area contributed by atoms with Gasteiger partial charge >= 0.3 is 6.03 Å². The maximum Gasteiger partial charge on any atom is 0.315 e. The van der Waals surface area contributed by atoms with Crippen LogP contribution in [0, 0.1) is 0 Å². The monoisotopic (exact) mass is 362 g/mol. The number of aromatic nitrogens is 1. The number of carbonyl (C=O) groups excluding carboxylic acids is 1. The van der Waals surface area contributed by atoms with Gasteiger partial charge in [0, 0.05) is 26.8 Å². The molecule has 0 spiro atoms. The maximum absolute atomic E-state index is 12.3. The number of urea groups is 1. The van der Waals surface area contributed by atoms with Crippen molar-refractivity contribution in [3.05, 3.63) is 59.9 Å². The minimum atomic E-state index is -3.57. The molecule has 2 rings (SSSR count). The second kappa shape index (κ2) is 8.09. The quantitative estimate of drug-likeness (QED) is 0.821. The molecule has 1 heterocycles. The summed E-state index contributed by atoms with van der Waals surface area (Å²) in [6.45, 7) is 1.93. The molecule has 7 nitrogen and oxygen atoms in total. The molecular weight excluding hydrogens is 340 g/mol. The van der Waals surface area contributed by atoms with Gasteiger partial charge in [0.05, 0.1) is 16.6 Å². The Hall–Kier alpha value is -2.45. The fourth-order valence-corrected chi connectivity index (χ4v) is 3.34. The number of nitrogens with one attached hydrogen (secondary N) is 2. The van der Waals surface area contributed by atoms with Crippen LogP contribution < -0.4 is 10.6 Å². The Bertz CT molecular complexity index is 823. The number of pyridine rings is 1. The third-order valence-corrected chi connectivity index (χ3v) is 5.57. The van der Waals surface area contributed by atoms with Gasteiger partial charge in [-0.05, 0) is 30.7 Å². The molecule has 1 unspecified atom stereocenters. The van der Waals surface area contributed by atoms with Gasteiger partial charge in [-0.2, -0.15) is 0 Å². The second-order valence-electron chi connectivity index (χ2n) is 5.70. The van der Waals surface area contributed by atoms with Gasteiger partial charge in [0.15, 0.2) is 0 Å². The van der Waals surface area contributed by atoms with Crippen LogP contribution in [-0.4, -0.2) is 37.8 Å². The van der Waals surface area contributed by atoms with E-state index in [0.29, 0.717) is 5.56 Å².